The maximum atomic E-state index is 12.4. The molecule has 1 aromatic heterocycles. The minimum atomic E-state index is -3.73. The lowest BCUT2D eigenvalue weighted by molar-refractivity contribution is 0.595. The first-order valence-corrected chi connectivity index (χ1v) is 6.89. The Morgan fingerprint density at radius 2 is 1.78 bits per heavy atom. The fraction of sp³-hybridized carbons (Fsp3) is 0.0909. The lowest BCUT2D eigenvalue weighted by Gasteiger charge is -2.09. The summed E-state index contributed by atoms with van der Waals surface area (Å²) in [5, 5.41) is -0.0722. The second-order valence-corrected chi connectivity index (χ2v) is 5.83. The summed E-state index contributed by atoms with van der Waals surface area (Å²) >= 11 is 5.62. The molecule has 2 rings (SSSR count). The van der Waals surface area contributed by atoms with Crippen molar-refractivity contribution in [1.82, 2.24) is 9.97 Å². The van der Waals surface area contributed by atoms with Crippen molar-refractivity contribution in [2.24, 2.45) is 0 Å². The number of sulfone groups is 1. The SMILES string of the molecule is Cc1nc(Cl)nc(N)c1S(=O)(=O)c1ccccc1. The van der Waals surface area contributed by atoms with Gasteiger partial charge in [0.1, 0.15) is 10.7 Å². The van der Waals surface area contributed by atoms with Crippen molar-refractivity contribution in [2.75, 3.05) is 5.73 Å². The molecule has 18 heavy (non-hydrogen) atoms. The third kappa shape index (κ3) is 2.16. The predicted molar refractivity (Wildman–Crippen MR) is 68.1 cm³/mol. The first-order valence-electron chi connectivity index (χ1n) is 5.02. The number of hydrogen-bond acceptors (Lipinski definition) is 5. The molecule has 0 unspecified atom stereocenters. The summed E-state index contributed by atoms with van der Waals surface area (Å²) in [4.78, 5) is 7.55. The minimum absolute atomic E-state index is 0.0722. The molecule has 0 aliphatic heterocycles. The summed E-state index contributed by atoms with van der Waals surface area (Å²) in [7, 11) is -3.73. The van der Waals surface area contributed by atoms with Crippen LogP contribution in [0.2, 0.25) is 5.28 Å². The number of rotatable bonds is 2. The molecule has 0 atom stereocenters. The van der Waals surface area contributed by atoms with E-state index < -0.39 is 9.84 Å². The molecule has 0 aliphatic rings. The molecule has 2 N–H and O–H groups in total. The van der Waals surface area contributed by atoms with E-state index in [0.717, 1.165) is 0 Å². The topological polar surface area (TPSA) is 85.9 Å². The number of halogens is 1. The van der Waals surface area contributed by atoms with E-state index in [2.05, 4.69) is 9.97 Å². The van der Waals surface area contributed by atoms with Crippen molar-refractivity contribution in [2.45, 2.75) is 16.7 Å². The summed E-state index contributed by atoms with van der Waals surface area (Å²) in [6, 6.07) is 7.98. The van der Waals surface area contributed by atoms with Gasteiger partial charge in [0.15, 0.2) is 0 Å². The normalized spacial score (nSPS) is 11.4. The van der Waals surface area contributed by atoms with E-state index in [1.165, 1.54) is 19.1 Å². The van der Waals surface area contributed by atoms with Gasteiger partial charge in [-0.3, -0.25) is 0 Å². The number of anilines is 1. The number of aryl methyl sites for hydroxylation is 1. The Kier molecular flexibility index (Phi) is 3.23. The number of nitrogens with two attached hydrogens (primary N) is 1. The molecule has 0 spiro atoms. The lowest BCUT2D eigenvalue weighted by Crippen LogP contribution is -2.11. The van der Waals surface area contributed by atoms with E-state index in [1.54, 1.807) is 18.2 Å². The van der Waals surface area contributed by atoms with E-state index in [9.17, 15) is 8.42 Å². The van der Waals surface area contributed by atoms with Crippen LogP contribution in [-0.2, 0) is 9.84 Å². The molecule has 0 amide bonds. The Hall–Kier alpha value is -1.66. The van der Waals surface area contributed by atoms with Gasteiger partial charge < -0.3 is 5.73 Å². The fourth-order valence-electron chi connectivity index (χ4n) is 1.60. The molecule has 1 heterocycles. The third-order valence-electron chi connectivity index (χ3n) is 2.36. The van der Waals surface area contributed by atoms with E-state index in [4.69, 9.17) is 17.3 Å². The van der Waals surface area contributed by atoms with Gasteiger partial charge >= 0.3 is 0 Å². The molecule has 0 bridgehead atoms. The maximum Gasteiger partial charge on any atom is 0.224 e. The Morgan fingerprint density at radius 3 is 2.33 bits per heavy atom. The smallest absolute Gasteiger partial charge is 0.224 e. The second-order valence-electron chi connectivity index (χ2n) is 3.61. The summed E-state index contributed by atoms with van der Waals surface area (Å²) < 4.78 is 24.8. The highest BCUT2D eigenvalue weighted by Crippen LogP contribution is 2.27. The zero-order valence-corrected chi connectivity index (χ0v) is 11.0. The van der Waals surface area contributed by atoms with Crippen molar-refractivity contribution in [3.63, 3.8) is 0 Å². The van der Waals surface area contributed by atoms with Gasteiger partial charge in [0.05, 0.1) is 10.6 Å². The minimum Gasteiger partial charge on any atom is -0.382 e. The van der Waals surface area contributed by atoms with Gasteiger partial charge in [-0.1, -0.05) is 18.2 Å². The second kappa shape index (κ2) is 4.55. The first-order chi connectivity index (χ1) is 8.43. The maximum absolute atomic E-state index is 12.4. The molecule has 2 aromatic rings. The Bertz CT molecular complexity index is 664. The van der Waals surface area contributed by atoms with Crippen LogP contribution in [0.3, 0.4) is 0 Å². The van der Waals surface area contributed by atoms with Gasteiger partial charge in [0, 0.05) is 0 Å². The number of nitrogen functional groups attached to an aromatic ring is 1. The zero-order valence-electron chi connectivity index (χ0n) is 9.46. The third-order valence-corrected chi connectivity index (χ3v) is 4.46. The van der Waals surface area contributed by atoms with Gasteiger partial charge in [-0.05, 0) is 30.7 Å². The zero-order chi connectivity index (χ0) is 13.3. The summed E-state index contributed by atoms with van der Waals surface area (Å²) in [6.07, 6.45) is 0. The Balaban J connectivity index is 2.70. The van der Waals surface area contributed by atoms with Crippen molar-refractivity contribution in [3.05, 3.63) is 41.3 Å². The standard InChI is InChI=1S/C11H10ClN3O2S/c1-7-9(10(13)15-11(12)14-7)18(16,17)8-5-3-2-4-6-8/h2-6H,1H3,(H2,13,14,15). The monoisotopic (exact) mass is 283 g/mol. The van der Waals surface area contributed by atoms with Gasteiger partial charge in [-0.2, -0.15) is 4.98 Å². The van der Waals surface area contributed by atoms with Crippen molar-refractivity contribution >= 4 is 27.3 Å². The van der Waals surface area contributed by atoms with Gasteiger partial charge in [0.25, 0.3) is 0 Å². The molecule has 7 heteroatoms. The molecule has 0 saturated carbocycles. The molecule has 0 radical (unpaired) electrons. The lowest BCUT2D eigenvalue weighted by atomic mass is 10.4. The van der Waals surface area contributed by atoms with E-state index in [0.29, 0.717) is 0 Å². The van der Waals surface area contributed by atoms with Crippen LogP contribution in [0, 0.1) is 6.92 Å². The predicted octanol–water partition coefficient (Wildman–Crippen LogP) is 1.85. The van der Waals surface area contributed by atoms with Crippen LogP contribution < -0.4 is 5.73 Å². The molecule has 1 aromatic carbocycles. The number of benzene rings is 1. The average Bonchev–Trinajstić information content (AvgIpc) is 2.28. The van der Waals surface area contributed by atoms with E-state index >= 15 is 0 Å². The fourth-order valence-corrected chi connectivity index (χ4v) is 3.32. The largest absolute Gasteiger partial charge is 0.382 e. The highest BCUT2D eigenvalue weighted by atomic mass is 35.5. The van der Waals surface area contributed by atoms with Crippen LogP contribution in [0.5, 0.6) is 0 Å². The van der Waals surface area contributed by atoms with Crippen molar-refractivity contribution in [3.8, 4) is 0 Å². The van der Waals surface area contributed by atoms with Crippen LogP contribution in [0.1, 0.15) is 5.69 Å². The van der Waals surface area contributed by atoms with Crippen LogP contribution in [0.15, 0.2) is 40.1 Å². The van der Waals surface area contributed by atoms with Gasteiger partial charge in [-0.15, -0.1) is 0 Å². The number of aromatic nitrogens is 2. The molecule has 0 saturated heterocycles. The van der Waals surface area contributed by atoms with Crippen LogP contribution in [0.4, 0.5) is 5.82 Å². The van der Waals surface area contributed by atoms with E-state index in [-0.39, 0.29) is 26.6 Å². The molecular formula is C11H10ClN3O2S. The summed E-state index contributed by atoms with van der Waals surface area (Å²) in [5.74, 6) is -0.142. The highest BCUT2D eigenvalue weighted by Gasteiger charge is 2.24. The number of hydrogen-bond donors (Lipinski definition) is 1. The molecular weight excluding hydrogens is 274 g/mol. The van der Waals surface area contributed by atoms with Crippen LogP contribution >= 0.6 is 11.6 Å². The first kappa shape index (κ1) is 12.8. The number of nitrogens with zero attached hydrogens (tertiary/aromatic N) is 2. The van der Waals surface area contributed by atoms with Crippen LogP contribution in [-0.4, -0.2) is 18.4 Å². The molecule has 5 nitrogen and oxygen atoms in total. The highest BCUT2D eigenvalue weighted by molar-refractivity contribution is 7.91. The van der Waals surface area contributed by atoms with Gasteiger partial charge in [-0.25, -0.2) is 13.4 Å². The van der Waals surface area contributed by atoms with Crippen molar-refractivity contribution in [1.29, 1.82) is 0 Å². The van der Waals surface area contributed by atoms with Crippen LogP contribution in [0.25, 0.3) is 0 Å². The summed E-state index contributed by atoms with van der Waals surface area (Å²) in [6.45, 7) is 1.53. The Labute approximate surface area is 110 Å². The molecule has 0 aliphatic carbocycles. The van der Waals surface area contributed by atoms with Crippen molar-refractivity contribution < 1.29 is 8.42 Å². The summed E-state index contributed by atoms with van der Waals surface area (Å²) in [5.41, 5.74) is 5.86. The Morgan fingerprint density at radius 1 is 1.17 bits per heavy atom. The quantitative estimate of drug-likeness (QED) is 0.850. The molecule has 94 valence electrons. The van der Waals surface area contributed by atoms with Gasteiger partial charge in [0.2, 0.25) is 15.1 Å². The molecule has 0 fully saturated rings. The average molecular weight is 284 g/mol. The van der Waals surface area contributed by atoms with E-state index in [1.807, 2.05) is 0 Å².